The number of fused-ring (bicyclic) bond motifs is 10. The van der Waals surface area contributed by atoms with E-state index in [1.807, 2.05) is 24.8 Å². The van der Waals surface area contributed by atoms with Gasteiger partial charge >= 0.3 is 0 Å². The lowest BCUT2D eigenvalue weighted by Gasteiger charge is -2.18. The zero-order valence-electron chi connectivity index (χ0n) is 52.3. The van der Waals surface area contributed by atoms with Crippen LogP contribution in [0, 0.1) is 0 Å². The molecule has 0 atom stereocenters. The molecule has 0 aliphatic rings. The molecule has 96 heavy (non-hydrogen) atoms. The maximum atomic E-state index is 4.69. The Hall–Kier alpha value is -12.8. The second-order valence-corrected chi connectivity index (χ2v) is 25.2. The Bertz CT molecular complexity index is 6170. The lowest BCUT2D eigenvalue weighted by atomic mass is 9.85. The first-order valence-corrected chi connectivity index (χ1v) is 32.9. The Morgan fingerprint density at radius 1 is 0.167 bits per heavy atom. The molecule has 19 aromatic rings. The monoisotopic (exact) mass is 1220 g/mol. The lowest BCUT2D eigenvalue weighted by Crippen LogP contribution is -1.94. The summed E-state index contributed by atoms with van der Waals surface area (Å²) >= 11 is 0. The van der Waals surface area contributed by atoms with Gasteiger partial charge in [0.15, 0.2) is 0 Å². The predicted octanol–water partition coefficient (Wildman–Crippen LogP) is 24.6. The van der Waals surface area contributed by atoms with E-state index in [4.69, 9.17) is 0 Å². The van der Waals surface area contributed by atoms with Crippen molar-refractivity contribution in [2.45, 2.75) is 0 Å². The van der Waals surface area contributed by atoms with Gasteiger partial charge in [-0.1, -0.05) is 261 Å². The minimum Gasteiger partial charge on any atom is -0.309 e. The molecule has 0 unspecified atom stereocenters. The Balaban J connectivity index is 0.633. The summed E-state index contributed by atoms with van der Waals surface area (Å²) in [6, 6.07) is 120. The predicted molar refractivity (Wildman–Crippen MR) is 404 cm³/mol. The number of rotatable bonds is 10. The fourth-order valence-corrected chi connectivity index (χ4v) is 15.5. The van der Waals surface area contributed by atoms with Crippen molar-refractivity contribution in [2.75, 3.05) is 0 Å². The van der Waals surface area contributed by atoms with E-state index in [2.05, 4.69) is 347 Å². The number of hydrogen-bond acceptors (Lipinski definition) is 2. The molecule has 4 nitrogen and oxygen atoms in total. The second kappa shape index (κ2) is 22.5. The Morgan fingerprint density at radius 3 is 0.875 bits per heavy atom. The van der Waals surface area contributed by atoms with Crippen LogP contribution in [0.4, 0.5) is 0 Å². The minimum absolute atomic E-state index is 1.10. The van der Waals surface area contributed by atoms with Gasteiger partial charge in [-0.25, -0.2) is 0 Å². The van der Waals surface area contributed by atoms with Crippen molar-refractivity contribution < 1.29 is 0 Å². The Morgan fingerprint density at radius 2 is 0.448 bits per heavy atom. The van der Waals surface area contributed by atoms with Gasteiger partial charge in [-0.3, -0.25) is 9.97 Å². The number of benzene rings is 15. The van der Waals surface area contributed by atoms with Crippen molar-refractivity contribution in [3.63, 3.8) is 0 Å². The largest absolute Gasteiger partial charge is 0.309 e. The summed E-state index contributed by atoms with van der Waals surface area (Å²) in [4.78, 5) is 9.24. The van der Waals surface area contributed by atoms with Crippen molar-refractivity contribution in [2.24, 2.45) is 0 Å². The molecular weight excluding hydrogens is 1160 g/mol. The molecule has 4 heteroatoms. The van der Waals surface area contributed by atoms with E-state index in [9.17, 15) is 0 Å². The summed E-state index contributed by atoms with van der Waals surface area (Å²) in [5, 5.41) is 14.5. The summed E-state index contributed by atoms with van der Waals surface area (Å²) < 4.78 is 4.73. The maximum Gasteiger partial charge on any atom is 0.0571 e. The lowest BCUT2D eigenvalue weighted by molar-refractivity contribution is 1.17. The molecule has 0 fully saturated rings. The average Bonchev–Trinajstić information content (AvgIpc) is 0.787. The fourth-order valence-electron chi connectivity index (χ4n) is 15.5. The highest BCUT2D eigenvalue weighted by molar-refractivity contribution is 6.23. The highest BCUT2D eigenvalue weighted by Crippen LogP contribution is 2.48. The minimum atomic E-state index is 1.10. The van der Waals surface area contributed by atoms with Crippen LogP contribution in [0.3, 0.4) is 0 Å². The summed E-state index contributed by atoms with van der Waals surface area (Å²) in [7, 11) is 0. The molecule has 446 valence electrons. The van der Waals surface area contributed by atoms with Crippen LogP contribution in [-0.2, 0) is 0 Å². The standard InChI is InChI=1S/C92H58N4/c1-3-17-59(18-4-1)66-19-15-21-70(53-66)92-79-31-13-11-29-77(79)91(78-30-12-14-32-80(78)92)65-43-37-62(38-44-65)69-46-48-86-82(56-69)84-58-94-52-50-88(84)96(86)72-24-16-20-67(54-72)60-33-39-63(40-34-60)89-73-25-7-9-27-75(73)90(76-28-10-8-26-74(76)89)64-41-35-61(36-42-64)68-45-47-85-81(55-68)83-57-93-51-49-87(83)95(85)71-22-5-2-6-23-71/h1-58H. The van der Waals surface area contributed by atoms with Crippen LogP contribution >= 0.6 is 0 Å². The van der Waals surface area contributed by atoms with Crippen molar-refractivity contribution in [3.05, 3.63) is 352 Å². The molecule has 0 saturated heterocycles. The van der Waals surface area contributed by atoms with Crippen LogP contribution in [0.5, 0.6) is 0 Å². The van der Waals surface area contributed by atoms with Crippen LogP contribution < -0.4 is 0 Å². The summed E-state index contributed by atoms with van der Waals surface area (Å²) in [5.74, 6) is 0. The molecule has 0 aliphatic carbocycles. The van der Waals surface area contributed by atoms with Crippen molar-refractivity contribution in [1.82, 2.24) is 19.1 Å². The number of para-hydroxylation sites is 1. The van der Waals surface area contributed by atoms with Crippen LogP contribution in [0.15, 0.2) is 352 Å². The third kappa shape index (κ3) is 8.99. The van der Waals surface area contributed by atoms with E-state index < -0.39 is 0 Å². The summed E-state index contributed by atoms with van der Waals surface area (Å²) in [6.07, 6.45) is 7.80. The first-order valence-electron chi connectivity index (χ1n) is 32.9. The van der Waals surface area contributed by atoms with Gasteiger partial charge in [-0.2, -0.15) is 0 Å². The van der Waals surface area contributed by atoms with E-state index in [0.717, 1.165) is 66.3 Å². The molecule has 0 N–H and O–H groups in total. The van der Waals surface area contributed by atoms with Crippen molar-refractivity contribution >= 4 is 86.7 Å². The zero-order chi connectivity index (χ0) is 63.2. The molecule has 4 heterocycles. The number of aromatic nitrogens is 4. The average molecular weight is 1220 g/mol. The highest BCUT2D eigenvalue weighted by atomic mass is 15.0. The molecule has 15 aromatic carbocycles. The molecular formula is C92H58N4. The van der Waals surface area contributed by atoms with Gasteiger partial charge in [-0.15, -0.1) is 0 Å². The third-order valence-corrected chi connectivity index (χ3v) is 19.9. The second-order valence-electron chi connectivity index (χ2n) is 25.2. The van der Waals surface area contributed by atoms with E-state index in [0.29, 0.717) is 0 Å². The van der Waals surface area contributed by atoms with Crippen LogP contribution in [-0.4, -0.2) is 19.1 Å². The third-order valence-electron chi connectivity index (χ3n) is 19.9. The molecule has 0 amide bonds. The van der Waals surface area contributed by atoms with Gasteiger partial charge in [0, 0.05) is 57.7 Å². The number of nitrogens with zero attached hydrogens (tertiary/aromatic N) is 4. The molecule has 4 aromatic heterocycles. The molecule has 0 bridgehead atoms. The highest BCUT2D eigenvalue weighted by Gasteiger charge is 2.22. The first kappa shape index (κ1) is 54.9. The smallest absolute Gasteiger partial charge is 0.0571 e. The summed E-state index contributed by atoms with van der Waals surface area (Å²) in [5.41, 5.74) is 26.0. The van der Waals surface area contributed by atoms with Gasteiger partial charge in [0.25, 0.3) is 0 Å². The van der Waals surface area contributed by atoms with Gasteiger partial charge in [-0.05, 0) is 199 Å². The summed E-state index contributed by atoms with van der Waals surface area (Å²) in [6.45, 7) is 0. The van der Waals surface area contributed by atoms with Gasteiger partial charge in [0.05, 0.1) is 22.1 Å². The number of pyridine rings is 2. The molecule has 19 rings (SSSR count). The van der Waals surface area contributed by atoms with Gasteiger partial charge in [0.1, 0.15) is 0 Å². The van der Waals surface area contributed by atoms with Gasteiger partial charge < -0.3 is 9.13 Å². The van der Waals surface area contributed by atoms with Crippen LogP contribution in [0.25, 0.3) is 187 Å². The van der Waals surface area contributed by atoms with Crippen molar-refractivity contribution in [1.29, 1.82) is 0 Å². The first-order chi connectivity index (χ1) is 47.6. The Labute approximate surface area is 555 Å². The zero-order valence-corrected chi connectivity index (χ0v) is 52.3. The molecule has 0 spiro atoms. The fraction of sp³-hybridized carbons (Fsp3) is 0. The molecule has 0 radical (unpaired) electrons. The molecule has 0 saturated carbocycles. The van der Waals surface area contributed by atoms with E-state index in [1.165, 1.54) is 121 Å². The number of hydrogen-bond donors (Lipinski definition) is 0. The normalized spacial score (nSPS) is 11.8. The van der Waals surface area contributed by atoms with Crippen molar-refractivity contribution in [3.8, 4) is 100 Å². The van der Waals surface area contributed by atoms with E-state index in [-0.39, 0.29) is 0 Å². The maximum absolute atomic E-state index is 4.69. The topological polar surface area (TPSA) is 35.6 Å². The SMILES string of the molecule is c1ccc(-c2cccc(-c3c4ccccc4c(-c4ccc(-c5ccc6c(c5)c5cnccc5n6-c5cccc(-c6ccc(-c7c8ccccc8c(-c8ccc(-c9ccc%10c(c9)c9cnccc9n%10-c9ccccc9)cc8)c8ccccc78)cc6)c5)cc4)c4ccccc34)c2)cc1. The van der Waals surface area contributed by atoms with Crippen LogP contribution in [0.2, 0.25) is 0 Å². The molecule has 0 aliphatic heterocycles. The quantitative estimate of drug-likeness (QED) is 0.128. The van der Waals surface area contributed by atoms with Crippen LogP contribution in [0.1, 0.15) is 0 Å². The Kier molecular flexibility index (Phi) is 12.9. The van der Waals surface area contributed by atoms with E-state index in [1.54, 1.807) is 0 Å². The van der Waals surface area contributed by atoms with E-state index >= 15 is 0 Å². The van der Waals surface area contributed by atoms with Gasteiger partial charge in [0.2, 0.25) is 0 Å².